The average molecular weight is 337 g/mol. The zero-order valence-electron chi connectivity index (χ0n) is 13.0. The Morgan fingerprint density at radius 1 is 1.25 bits per heavy atom. The number of H-pyrrole nitrogens is 1. The molecule has 0 aliphatic rings. The Kier molecular flexibility index (Phi) is 3.42. The first kappa shape index (κ1) is 14.6. The lowest BCUT2D eigenvalue weighted by Gasteiger charge is -2.06. The molecule has 0 aliphatic heterocycles. The molecule has 4 rings (SSSR count). The second-order valence-electron chi connectivity index (χ2n) is 5.39. The number of aromatic nitrogens is 4. The minimum Gasteiger partial charge on any atom is -0.362 e. The molecule has 0 bridgehead atoms. The molecule has 0 unspecified atom stereocenters. The van der Waals surface area contributed by atoms with Gasteiger partial charge in [-0.05, 0) is 37.3 Å². The molecular formula is C17H15N5OS. The largest absolute Gasteiger partial charge is 0.362 e. The molecule has 0 radical (unpaired) electrons. The van der Waals surface area contributed by atoms with Crippen LogP contribution < -0.4 is 10.9 Å². The van der Waals surface area contributed by atoms with Crippen molar-refractivity contribution >= 4 is 39.3 Å². The van der Waals surface area contributed by atoms with E-state index >= 15 is 0 Å². The van der Waals surface area contributed by atoms with Crippen LogP contribution in [0.5, 0.6) is 0 Å². The molecule has 0 aliphatic carbocycles. The smallest absolute Gasteiger partial charge is 0.280 e. The van der Waals surface area contributed by atoms with Gasteiger partial charge in [-0.25, -0.2) is 9.67 Å². The highest BCUT2D eigenvalue weighted by molar-refractivity contribution is 7.80. The topological polar surface area (TPSA) is 67.6 Å². The Morgan fingerprint density at radius 3 is 2.79 bits per heavy atom. The van der Waals surface area contributed by atoms with Gasteiger partial charge in [0.2, 0.25) is 0 Å². The number of nitrogens with zero attached hydrogens (tertiary/aromatic N) is 3. The molecule has 6 nitrogen and oxygen atoms in total. The van der Waals surface area contributed by atoms with Crippen LogP contribution in [0.2, 0.25) is 0 Å². The summed E-state index contributed by atoms with van der Waals surface area (Å²) < 4.78 is 3.34. The van der Waals surface area contributed by atoms with Crippen LogP contribution >= 0.6 is 12.2 Å². The van der Waals surface area contributed by atoms with E-state index in [-0.39, 0.29) is 5.56 Å². The summed E-state index contributed by atoms with van der Waals surface area (Å²) in [5.74, 6) is 0. The van der Waals surface area contributed by atoms with E-state index in [2.05, 4.69) is 15.4 Å². The van der Waals surface area contributed by atoms with E-state index in [1.807, 2.05) is 54.1 Å². The maximum absolute atomic E-state index is 12.7. The predicted molar refractivity (Wildman–Crippen MR) is 98.9 cm³/mol. The minimum atomic E-state index is -0.118. The summed E-state index contributed by atoms with van der Waals surface area (Å²) in [4.78, 5) is 17.1. The van der Waals surface area contributed by atoms with Gasteiger partial charge in [0.05, 0.1) is 16.6 Å². The van der Waals surface area contributed by atoms with Gasteiger partial charge in [0.15, 0.2) is 5.11 Å². The number of fused-ring (bicyclic) bond motifs is 3. The van der Waals surface area contributed by atoms with E-state index in [0.717, 1.165) is 28.8 Å². The number of para-hydroxylation sites is 1. The number of nitrogens with one attached hydrogen (secondary N) is 2. The van der Waals surface area contributed by atoms with Crippen LogP contribution in [0, 0.1) is 0 Å². The highest BCUT2D eigenvalue weighted by atomic mass is 32.1. The van der Waals surface area contributed by atoms with Crippen LogP contribution in [-0.4, -0.2) is 31.0 Å². The van der Waals surface area contributed by atoms with Gasteiger partial charge in [0.25, 0.3) is 5.56 Å². The third kappa shape index (κ3) is 2.13. The van der Waals surface area contributed by atoms with Crippen molar-refractivity contribution < 1.29 is 0 Å². The van der Waals surface area contributed by atoms with Gasteiger partial charge in [-0.1, -0.05) is 18.2 Å². The summed E-state index contributed by atoms with van der Waals surface area (Å²) in [6.07, 6.45) is 3.46. The van der Waals surface area contributed by atoms with E-state index < -0.39 is 0 Å². The van der Waals surface area contributed by atoms with E-state index in [1.165, 1.54) is 4.68 Å². The molecule has 3 aromatic heterocycles. The number of hydrogen-bond acceptors (Lipinski definition) is 3. The van der Waals surface area contributed by atoms with Crippen molar-refractivity contribution in [2.75, 3.05) is 6.54 Å². The lowest BCUT2D eigenvalue weighted by atomic mass is 10.2. The van der Waals surface area contributed by atoms with Crippen LogP contribution in [0.1, 0.15) is 6.92 Å². The quantitative estimate of drug-likeness (QED) is 0.551. The Bertz CT molecular complexity index is 1110. The highest BCUT2D eigenvalue weighted by Gasteiger charge is 2.15. The fourth-order valence-corrected chi connectivity index (χ4v) is 3.10. The van der Waals surface area contributed by atoms with Gasteiger partial charge in [-0.15, -0.1) is 0 Å². The van der Waals surface area contributed by atoms with Crippen LogP contribution in [-0.2, 0) is 0 Å². The predicted octanol–water partition coefficient (Wildman–Crippen LogP) is 2.41. The number of thiocarbonyl (C=S) groups is 1. The molecule has 1 aromatic carbocycles. The zero-order chi connectivity index (χ0) is 16.7. The first-order valence-corrected chi connectivity index (χ1v) is 8.06. The molecule has 0 fully saturated rings. The lowest BCUT2D eigenvalue weighted by molar-refractivity contribution is 0.865. The SMILES string of the molecule is CCNC(=S)n1ccc2c3[nH]n(-c4ccccc4)c(=O)c3cnc21. The maximum atomic E-state index is 12.7. The zero-order valence-corrected chi connectivity index (χ0v) is 13.8. The second kappa shape index (κ2) is 5.61. The van der Waals surface area contributed by atoms with Crippen molar-refractivity contribution in [1.82, 2.24) is 24.6 Å². The molecule has 0 amide bonds. The van der Waals surface area contributed by atoms with Gasteiger partial charge >= 0.3 is 0 Å². The summed E-state index contributed by atoms with van der Waals surface area (Å²) in [5, 5.41) is 8.30. The number of hydrogen-bond donors (Lipinski definition) is 2. The molecule has 4 aromatic rings. The van der Waals surface area contributed by atoms with Crippen LogP contribution in [0.3, 0.4) is 0 Å². The molecular weight excluding hydrogens is 322 g/mol. The van der Waals surface area contributed by atoms with E-state index in [1.54, 1.807) is 6.20 Å². The van der Waals surface area contributed by atoms with Gasteiger partial charge in [-0.3, -0.25) is 14.5 Å². The second-order valence-corrected chi connectivity index (χ2v) is 5.78. The third-order valence-corrected chi connectivity index (χ3v) is 4.27. The van der Waals surface area contributed by atoms with Crippen LogP contribution in [0.15, 0.2) is 53.6 Å². The summed E-state index contributed by atoms with van der Waals surface area (Å²) in [6, 6.07) is 11.4. The monoisotopic (exact) mass is 337 g/mol. The molecule has 0 saturated heterocycles. The molecule has 120 valence electrons. The van der Waals surface area contributed by atoms with E-state index in [4.69, 9.17) is 12.2 Å². The Labute approximate surface area is 142 Å². The fraction of sp³-hybridized carbons (Fsp3) is 0.118. The van der Waals surface area contributed by atoms with Gasteiger partial charge in [0, 0.05) is 24.3 Å². The molecule has 2 N–H and O–H groups in total. The first-order chi connectivity index (χ1) is 11.7. The molecule has 24 heavy (non-hydrogen) atoms. The average Bonchev–Trinajstić information content (AvgIpc) is 3.17. The van der Waals surface area contributed by atoms with Gasteiger partial charge in [0.1, 0.15) is 5.65 Å². The normalized spacial score (nSPS) is 11.2. The van der Waals surface area contributed by atoms with Crippen molar-refractivity contribution in [2.24, 2.45) is 0 Å². The molecule has 0 atom stereocenters. The van der Waals surface area contributed by atoms with E-state index in [9.17, 15) is 4.79 Å². The number of benzene rings is 1. The first-order valence-electron chi connectivity index (χ1n) is 7.65. The number of aromatic amines is 1. The standard InChI is InChI=1S/C17H15N5OS/c1-2-18-17(24)21-9-8-12-14-13(10-19-15(12)21)16(23)22(20-14)11-6-4-3-5-7-11/h3-10,20H,2H2,1H3,(H,18,24). The Hall–Kier alpha value is -2.93. The van der Waals surface area contributed by atoms with Crippen LogP contribution in [0.4, 0.5) is 0 Å². The minimum absolute atomic E-state index is 0.118. The highest BCUT2D eigenvalue weighted by Crippen LogP contribution is 2.21. The summed E-state index contributed by atoms with van der Waals surface area (Å²) >= 11 is 5.37. The molecule has 7 heteroatoms. The van der Waals surface area contributed by atoms with Gasteiger partial charge < -0.3 is 5.32 Å². The molecule has 0 saturated carbocycles. The fourth-order valence-electron chi connectivity index (χ4n) is 2.81. The number of pyridine rings is 1. The van der Waals surface area contributed by atoms with Crippen molar-refractivity contribution in [2.45, 2.75) is 6.92 Å². The summed E-state index contributed by atoms with van der Waals surface area (Å²) in [7, 11) is 0. The third-order valence-electron chi connectivity index (χ3n) is 3.93. The maximum Gasteiger partial charge on any atom is 0.280 e. The lowest BCUT2D eigenvalue weighted by Crippen LogP contribution is -2.27. The Morgan fingerprint density at radius 2 is 2.04 bits per heavy atom. The number of rotatable bonds is 2. The van der Waals surface area contributed by atoms with Gasteiger partial charge in [-0.2, -0.15) is 0 Å². The molecule has 3 heterocycles. The van der Waals surface area contributed by atoms with Crippen molar-refractivity contribution in [3.63, 3.8) is 0 Å². The summed E-state index contributed by atoms with van der Waals surface area (Å²) in [6.45, 7) is 2.73. The Balaban J connectivity index is 1.97. The van der Waals surface area contributed by atoms with E-state index in [0.29, 0.717) is 10.5 Å². The van der Waals surface area contributed by atoms with Crippen molar-refractivity contribution in [3.8, 4) is 5.69 Å². The van der Waals surface area contributed by atoms with Crippen LogP contribution in [0.25, 0.3) is 27.6 Å². The summed E-state index contributed by atoms with van der Waals surface area (Å²) in [5.41, 5.74) is 2.14. The van der Waals surface area contributed by atoms with Crippen molar-refractivity contribution in [1.29, 1.82) is 0 Å². The van der Waals surface area contributed by atoms with Crippen molar-refractivity contribution in [3.05, 3.63) is 59.1 Å². The molecule has 0 spiro atoms.